The minimum Gasteiger partial charge on any atom is -0.395 e. The second-order valence-corrected chi connectivity index (χ2v) is 4.41. The van der Waals surface area contributed by atoms with Crippen LogP contribution in [-0.2, 0) is 0 Å². The fourth-order valence-corrected chi connectivity index (χ4v) is 3.19. The van der Waals surface area contributed by atoms with Crippen LogP contribution in [0.3, 0.4) is 0 Å². The molecule has 1 aliphatic heterocycles. The molecular formula is C12H26N2O. The number of likely N-dealkylation sites (N-methyl/N-ethyl adjacent to an activating group) is 1. The molecule has 2 N–H and O–H groups in total. The summed E-state index contributed by atoms with van der Waals surface area (Å²) in [5.74, 6) is 0. The average Bonchev–Trinajstić information content (AvgIpc) is 2.64. The SMILES string of the molecule is CCN1CCC(NCCO)C1(CC)CC. The van der Waals surface area contributed by atoms with E-state index in [1.165, 1.54) is 25.8 Å². The fourth-order valence-electron chi connectivity index (χ4n) is 3.19. The molecule has 1 atom stereocenters. The molecule has 0 aromatic carbocycles. The lowest BCUT2D eigenvalue weighted by Gasteiger charge is -2.41. The van der Waals surface area contributed by atoms with Crippen molar-refractivity contribution in [2.75, 3.05) is 26.2 Å². The number of nitrogens with one attached hydrogen (secondary N) is 1. The lowest BCUT2D eigenvalue weighted by Crippen LogP contribution is -2.54. The Kier molecular flexibility index (Phi) is 5.03. The van der Waals surface area contributed by atoms with Crippen molar-refractivity contribution in [1.29, 1.82) is 0 Å². The van der Waals surface area contributed by atoms with Gasteiger partial charge < -0.3 is 10.4 Å². The van der Waals surface area contributed by atoms with Crippen LogP contribution >= 0.6 is 0 Å². The van der Waals surface area contributed by atoms with E-state index in [0.29, 0.717) is 11.6 Å². The minimum atomic E-state index is 0.242. The van der Waals surface area contributed by atoms with Crippen LogP contribution in [0.15, 0.2) is 0 Å². The van der Waals surface area contributed by atoms with Gasteiger partial charge in [0.2, 0.25) is 0 Å². The topological polar surface area (TPSA) is 35.5 Å². The van der Waals surface area contributed by atoms with Crippen LogP contribution < -0.4 is 5.32 Å². The van der Waals surface area contributed by atoms with Crippen molar-refractivity contribution in [2.24, 2.45) is 0 Å². The molecule has 0 aliphatic carbocycles. The van der Waals surface area contributed by atoms with Gasteiger partial charge in [-0.2, -0.15) is 0 Å². The summed E-state index contributed by atoms with van der Waals surface area (Å²) < 4.78 is 0. The number of aliphatic hydroxyl groups is 1. The highest BCUT2D eigenvalue weighted by Gasteiger charge is 2.44. The fraction of sp³-hybridized carbons (Fsp3) is 1.00. The van der Waals surface area contributed by atoms with Crippen LogP contribution in [0.4, 0.5) is 0 Å². The highest BCUT2D eigenvalue weighted by molar-refractivity contribution is 5.04. The maximum absolute atomic E-state index is 8.89. The van der Waals surface area contributed by atoms with Crippen LogP contribution in [0.5, 0.6) is 0 Å². The van der Waals surface area contributed by atoms with E-state index >= 15 is 0 Å². The predicted octanol–water partition coefficient (Wildman–Crippen LogP) is 1.22. The lowest BCUT2D eigenvalue weighted by molar-refractivity contribution is 0.107. The Balaban J connectivity index is 2.70. The summed E-state index contributed by atoms with van der Waals surface area (Å²) in [6.45, 7) is 10.1. The monoisotopic (exact) mass is 214 g/mol. The van der Waals surface area contributed by atoms with E-state index in [2.05, 4.69) is 31.0 Å². The second kappa shape index (κ2) is 5.83. The average molecular weight is 214 g/mol. The molecule has 0 aromatic rings. The summed E-state index contributed by atoms with van der Waals surface area (Å²) in [7, 11) is 0. The third kappa shape index (κ3) is 2.35. The molecule has 1 aliphatic rings. The zero-order valence-electron chi connectivity index (χ0n) is 10.4. The Morgan fingerprint density at radius 2 is 2.00 bits per heavy atom. The normalized spacial score (nSPS) is 26.0. The number of likely N-dealkylation sites (tertiary alicyclic amines) is 1. The Hall–Kier alpha value is -0.120. The molecule has 0 amide bonds. The molecule has 0 radical (unpaired) electrons. The van der Waals surface area contributed by atoms with Crippen molar-refractivity contribution in [2.45, 2.75) is 51.6 Å². The highest BCUT2D eigenvalue weighted by Crippen LogP contribution is 2.35. The van der Waals surface area contributed by atoms with Crippen LogP contribution in [0.1, 0.15) is 40.0 Å². The Bertz CT molecular complexity index is 180. The molecule has 1 fully saturated rings. The molecular weight excluding hydrogens is 188 g/mol. The minimum absolute atomic E-state index is 0.242. The van der Waals surface area contributed by atoms with Gasteiger partial charge in [-0.3, -0.25) is 4.90 Å². The van der Waals surface area contributed by atoms with Gasteiger partial charge in [0, 0.05) is 24.7 Å². The van der Waals surface area contributed by atoms with E-state index in [0.717, 1.165) is 13.1 Å². The van der Waals surface area contributed by atoms with Gasteiger partial charge in [-0.25, -0.2) is 0 Å². The first-order valence-electron chi connectivity index (χ1n) is 6.34. The maximum Gasteiger partial charge on any atom is 0.0556 e. The van der Waals surface area contributed by atoms with Crippen LogP contribution in [0.25, 0.3) is 0 Å². The van der Waals surface area contributed by atoms with Gasteiger partial charge >= 0.3 is 0 Å². The molecule has 1 unspecified atom stereocenters. The number of hydrogen-bond donors (Lipinski definition) is 2. The standard InChI is InChI=1S/C12H26N2O/c1-4-12(5-2)11(13-8-10-15)7-9-14(12)6-3/h11,13,15H,4-10H2,1-3H3. The van der Waals surface area contributed by atoms with Gasteiger partial charge in [-0.1, -0.05) is 20.8 Å². The van der Waals surface area contributed by atoms with E-state index in [1.54, 1.807) is 0 Å². The number of nitrogens with zero attached hydrogens (tertiary/aromatic N) is 1. The van der Waals surface area contributed by atoms with Crippen LogP contribution in [-0.4, -0.2) is 47.8 Å². The summed E-state index contributed by atoms with van der Waals surface area (Å²) in [5.41, 5.74) is 0.323. The van der Waals surface area contributed by atoms with Crippen molar-refractivity contribution in [3.8, 4) is 0 Å². The first-order valence-corrected chi connectivity index (χ1v) is 6.34. The molecule has 15 heavy (non-hydrogen) atoms. The summed E-state index contributed by atoms with van der Waals surface area (Å²) in [6.07, 6.45) is 3.61. The maximum atomic E-state index is 8.89. The number of aliphatic hydroxyl groups excluding tert-OH is 1. The largest absolute Gasteiger partial charge is 0.395 e. The van der Waals surface area contributed by atoms with Crippen molar-refractivity contribution in [3.63, 3.8) is 0 Å². The van der Waals surface area contributed by atoms with E-state index in [1.807, 2.05) is 0 Å². The molecule has 0 saturated carbocycles. The third-order valence-corrected chi connectivity index (χ3v) is 4.07. The lowest BCUT2D eigenvalue weighted by atomic mass is 9.85. The molecule has 1 rings (SSSR count). The van der Waals surface area contributed by atoms with Gasteiger partial charge in [0.1, 0.15) is 0 Å². The van der Waals surface area contributed by atoms with Crippen molar-refractivity contribution in [1.82, 2.24) is 10.2 Å². The zero-order chi connectivity index (χ0) is 11.3. The second-order valence-electron chi connectivity index (χ2n) is 4.41. The van der Waals surface area contributed by atoms with Crippen molar-refractivity contribution >= 4 is 0 Å². The van der Waals surface area contributed by atoms with E-state index < -0.39 is 0 Å². The van der Waals surface area contributed by atoms with Crippen molar-refractivity contribution < 1.29 is 5.11 Å². The van der Waals surface area contributed by atoms with Crippen molar-refractivity contribution in [3.05, 3.63) is 0 Å². The number of hydrogen-bond acceptors (Lipinski definition) is 3. The molecule has 3 nitrogen and oxygen atoms in total. The van der Waals surface area contributed by atoms with Gasteiger partial charge in [0.05, 0.1) is 6.61 Å². The summed E-state index contributed by atoms with van der Waals surface area (Å²) in [6, 6.07) is 0.555. The van der Waals surface area contributed by atoms with E-state index in [9.17, 15) is 0 Å². The van der Waals surface area contributed by atoms with Gasteiger partial charge in [0.25, 0.3) is 0 Å². The van der Waals surface area contributed by atoms with Crippen LogP contribution in [0.2, 0.25) is 0 Å². The Labute approximate surface area is 93.9 Å². The predicted molar refractivity (Wildman–Crippen MR) is 64.1 cm³/mol. The molecule has 0 aromatic heterocycles. The highest BCUT2D eigenvalue weighted by atomic mass is 16.3. The van der Waals surface area contributed by atoms with Gasteiger partial charge in [-0.15, -0.1) is 0 Å². The van der Waals surface area contributed by atoms with Gasteiger partial charge in [0.15, 0.2) is 0 Å². The third-order valence-electron chi connectivity index (χ3n) is 4.07. The first kappa shape index (κ1) is 12.9. The molecule has 90 valence electrons. The molecule has 3 heteroatoms. The quantitative estimate of drug-likeness (QED) is 0.698. The van der Waals surface area contributed by atoms with E-state index in [-0.39, 0.29) is 6.61 Å². The summed E-state index contributed by atoms with van der Waals surface area (Å²) in [4.78, 5) is 2.60. The van der Waals surface area contributed by atoms with E-state index in [4.69, 9.17) is 5.11 Å². The molecule has 1 heterocycles. The summed E-state index contributed by atoms with van der Waals surface area (Å²) in [5, 5.41) is 12.4. The number of rotatable bonds is 6. The van der Waals surface area contributed by atoms with Crippen LogP contribution in [0, 0.1) is 0 Å². The molecule has 1 saturated heterocycles. The zero-order valence-corrected chi connectivity index (χ0v) is 10.4. The molecule has 0 bridgehead atoms. The molecule has 0 spiro atoms. The Morgan fingerprint density at radius 3 is 2.47 bits per heavy atom. The smallest absolute Gasteiger partial charge is 0.0556 e. The first-order chi connectivity index (χ1) is 7.25. The summed E-state index contributed by atoms with van der Waals surface area (Å²) >= 11 is 0. The Morgan fingerprint density at radius 1 is 1.33 bits per heavy atom. The van der Waals surface area contributed by atoms with Gasteiger partial charge in [-0.05, 0) is 25.8 Å².